The van der Waals surface area contributed by atoms with E-state index in [0.717, 1.165) is 0 Å². The van der Waals surface area contributed by atoms with Gasteiger partial charge in [0, 0.05) is 32.4 Å². The highest BCUT2D eigenvalue weighted by atomic mass is 16.4. The Morgan fingerprint density at radius 3 is 1.26 bits per heavy atom. The van der Waals surface area contributed by atoms with Crippen molar-refractivity contribution in [1.82, 2.24) is 58.1 Å². The summed E-state index contributed by atoms with van der Waals surface area (Å²) < 4.78 is 0. The Balaban J connectivity index is 3.68. The van der Waals surface area contributed by atoms with E-state index in [4.69, 9.17) is 45.9 Å². The van der Waals surface area contributed by atoms with Crippen molar-refractivity contribution in [2.75, 3.05) is 19.6 Å². The average molecular weight is 1460 g/mol. The van der Waals surface area contributed by atoms with Crippen LogP contribution in [0.1, 0.15) is 191 Å². The number of guanidine groups is 1. The fourth-order valence-electron chi connectivity index (χ4n) is 11.1. The minimum Gasteiger partial charge on any atom is -0.480 e. The Bertz CT molecular complexity index is 2930. The second kappa shape index (κ2) is 47.1. The molecule has 1 rings (SSSR count). The highest BCUT2D eigenvalue weighted by Crippen LogP contribution is 2.23. The minimum atomic E-state index is -1.80. The summed E-state index contributed by atoms with van der Waals surface area (Å²) in [6, 6.07) is -17.2. The lowest BCUT2D eigenvalue weighted by molar-refractivity contribution is -0.144. The van der Waals surface area contributed by atoms with E-state index in [1.807, 2.05) is 0 Å². The van der Waals surface area contributed by atoms with Crippen LogP contribution in [0.15, 0.2) is 4.99 Å². The molecule has 0 aromatic heterocycles. The lowest BCUT2D eigenvalue weighted by atomic mass is 9.96. The van der Waals surface area contributed by atoms with Gasteiger partial charge in [-0.1, -0.05) is 88.5 Å². The van der Waals surface area contributed by atoms with Crippen LogP contribution in [0.3, 0.4) is 0 Å². The first-order valence-corrected chi connectivity index (χ1v) is 35.4. The van der Waals surface area contributed by atoms with Crippen LogP contribution in [0.25, 0.3) is 0 Å². The number of nitrogens with one attached hydrogen (secondary N) is 10. The minimum absolute atomic E-state index is 0.0216. The maximum atomic E-state index is 14.6. The smallest absolute Gasteiger partial charge is 0.326 e. The van der Waals surface area contributed by atoms with E-state index in [1.165, 1.54) is 4.90 Å². The number of unbranched alkanes of at least 4 members (excludes halogenated alkanes) is 1. The second-order valence-corrected chi connectivity index (χ2v) is 27.4. The van der Waals surface area contributed by atoms with Crippen molar-refractivity contribution in [3.05, 3.63) is 0 Å². The molecule has 1 aliphatic rings. The van der Waals surface area contributed by atoms with Crippen LogP contribution < -0.4 is 99.0 Å². The Hall–Kier alpha value is -9.29. The molecular weight excluding hydrogens is 1340 g/mol. The SMILES string of the molecule is CC[C@H](C)[C@H](NC(=O)[C@H](CCCCN)NC(=O)[C@@H]1CCCN1C(=O)[C@H](CC(C)C)NC(=O)[C@H](CC(N)=O)NC(=O)[C@@H](NC(=O)[C@H](CCC(N)=O)NC(=O)[C@H](CCC(N)=O)NC(=O)[C@H](CC(C)C)NC(=O)[C@@H](NC(=O)[C@H](CCCN=C(N)N)NC(=O)[C@@H](N)CCC(N)=O)[C@@H](C)CC)[C@@H](C)CC)C(=O)O. The van der Waals surface area contributed by atoms with Crippen molar-refractivity contribution in [2.45, 2.75) is 264 Å². The van der Waals surface area contributed by atoms with Crippen LogP contribution in [0.4, 0.5) is 0 Å². The van der Waals surface area contributed by atoms with Crippen LogP contribution in [0, 0.1) is 29.6 Å². The Kier molecular flexibility index (Phi) is 41.9. The molecule has 0 radical (unpaired) electrons. The monoisotopic (exact) mass is 1460 g/mol. The van der Waals surface area contributed by atoms with Crippen molar-refractivity contribution < 1.29 is 81.8 Å². The number of primary amides is 4. The Labute approximate surface area is 602 Å². The number of likely N-dealkylation sites (tertiary alicyclic amines) is 1. The zero-order chi connectivity index (χ0) is 78.5. The van der Waals surface area contributed by atoms with E-state index in [2.05, 4.69) is 58.2 Å². The molecule has 27 N–H and O–H groups in total. The van der Waals surface area contributed by atoms with Gasteiger partial charge in [-0.05, 0) is 113 Å². The van der Waals surface area contributed by atoms with E-state index < -0.39 is 217 Å². The third-order valence-corrected chi connectivity index (χ3v) is 17.7. The summed E-state index contributed by atoms with van der Waals surface area (Å²) in [6.45, 7) is 17.3. The zero-order valence-electron chi connectivity index (χ0n) is 61.4. The number of aliphatic imine (C=N–C) groups is 1. The Morgan fingerprint density at radius 2 is 0.816 bits per heavy atom. The van der Waals surface area contributed by atoms with Gasteiger partial charge in [-0.3, -0.25) is 76.9 Å². The number of amides is 15. The summed E-state index contributed by atoms with van der Waals surface area (Å²) in [4.78, 5) is 222. The predicted octanol–water partition coefficient (Wildman–Crippen LogP) is -4.68. The first kappa shape index (κ1) is 91.7. The molecule has 1 aliphatic heterocycles. The number of carboxylic acids is 1. The fraction of sp³-hybridized carbons (Fsp3) is 0.742. The first-order valence-electron chi connectivity index (χ1n) is 35.4. The summed E-state index contributed by atoms with van der Waals surface area (Å²) in [5.41, 5.74) is 44.5. The van der Waals surface area contributed by atoms with Gasteiger partial charge in [0.05, 0.1) is 12.5 Å². The molecule has 103 heavy (non-hydrogen) atoms. The molecule has 0 spiro atoms. The van der Waals surface area contributed by atoms with Crippen LogP contribution in [0.5, 0.6) is 0 Å². The van der Waals surface area contributed by atoms with E-state index in [9.17, 15) is 81.8 Å². The van der Waals surface area contributed by atoms with Gasteiger partial charge in [0.25, 0.3) is 0 Å². The topological polar surface area (TPSA) is 637 Å². The number of rotatable bonds is 51. The van der Waals surface area contributed by atoms with Crippen LogP contribution in [-0.2, 0) is 76.7 Å². The van der Waals surface area contributed by atoms with Crippen LogP contribution >= 0.6 is 0 Å². The maximum absolute atomic E-state index is 14.6. The van der Waals surface area contributed by atoms with Gasteiger partial charge >= 0.3 is 5.97 Å². The van der Waals surface area contributed by atoms with Gasteiger partial charge in [0.1, 0.15) is 66.5 Å². The third kappa shape index (κ3) is 34.0. The van der Waals surface area contributed by atoms with E-state index >= 15 is 0 Å². The van der Waals surface area contributed by atoms with Crippen molar-refractivity contribution in [1.29, 1.82) is 0 Å². The summed E-state index contributed by atoms with van der Waals surface area (Å²) in [6.07, 6.45) is -0.894. The number of carbonyl (C=O) groups excluding carboxylic acids is 15. The largest absolute Gasteiger partial charge is 0.480 e. The zero-order valence-corrected chi connectivity index (χ0v) is 61.4. The second-order valence-electron chi connectivity index (χ2n) is 27.4. The quantitative estimate of drug-likeness (QED) is 0.0155. The number of hydrogen-bond donors (Lipinski definition) is 19. The molecule has 0 aromatic carbocycles. The summed E-state index contributed by atoms with van der Waals surface area (Å²) in [5, 5.41) is 35.6. The molecule has 1 fully saturated rings. The van der Waals surface area contributed by atoms with E-state index in [0.29, 0.717) is 32.1 Å². The molecular formula is C66H118N20O17. The lowest BCUT2D eigenvalue weighted by Crippen LogP contribution is -2.62. The number of carboxylic acid groups (broad SMARTS) is 1. The number of aliphatic carboxylic acids is 1. The normalized spacial score (nSPS) is 16.8. The number of nitrogens with two attached hydrogens (primary N) is 8. The molecule has 0 bridgehead atoms. The molecule has 0 unspecified atom stereocenters. The predicted molar refractivity (Wildman–Crippen MR) is 379 cm³/mol. The molecule has 0 aliphatic carbocycles. The summed E-state index contributed by atoms with van der Waals surface area (Å²) >= 11 is 0. The average Bonchev–Trinajstić information content (AvgIpc) is 1.73. The summed E-state index contributed by atoms with van der Waals surface area (Å²) in [7, 11) is 0. The maximum Gasteiger partial charge on any atom is 0.326 e. The fourth-order valence-corrected chi connectivity index (χ4v) is 11.1. The standard InChI is InChI=1S/C66H118N20O17/c1-11-35(8)51(83-56(93)40(19-16-28-75-66(73)74)76-54(91)38(68)21-24-47(69)87)62(99)80-43(30-33(4)5)59(96)78-41(22-25-48(70)88)55(92)77-42(23-26-49(71)89)58(95)84-52(36(9)12-2)63(100)81-44(32-50(72)90)60(97)82-45(31-34(6)7)64(101)86-29-17-20-46(86)61(98)79-39(18-14-15-27-67)57(94)85-53(65(102)103)37(10)13-3/h33-46,51-53H,11-32,67-68H2,1-10H3,(H2,69,87)(H2,70,88)(H2,71,89)(H2,72,90)(H,76,91)(H,77,92)(H,78,96)(H,79,98)(H,80,99)(H,81,100)(H,82,97)(H,83,93)(H,84,95)(H,85,94)(H,102,103)(H4,73,74,75)/t35-,36-,37-,38-,39-,40-,41-,42-,43-,44-,45-,46-,51-,52-,53-/m0/s1. The van der Waals surface area contributed by atoms with Gasteiger partial charge in [0.2, 0.25) is 88.6 Å². The van der Waals surface area contributed by atoms with E-state index in [-0.39, 0.29) is 95.2 Å². The number of hydrogen-bond acceptors (Lipinski definition) is 19. The van der Waals surface area contributed by atoms with Crippen molar-refractivity contribution in [3.8, 4) is 0 Å². The molecule has 1 heterocycles. The molecule has 0 aromatic rings. The molecule has 37 nitrogen and oxygen atoms in total. The van der Waals surface area contributed by atoms with Crippen LogP contribution in [-0.4, -0.2) is 203 Å². The highest BCUT2D eigenvalue weighted by Gasteiger charge is 2.42. The molecule has 15 amide bonds. The van der Waals surface area contributed by atoms with Gasteiger partial charge in [0.15, 0.2) is 5.96 Å². The Morgan fingerprint density at radius 1 is 0.437 bits per heavy atom. The van der Waals surface area contributed by atoms with Gasteiger partial charge < -0.3 is 109 Å². The number of carbonyl (C=O) groups is 16. The number of nitrogens with zero attached hydrogens (tertiary/aromatic N) is 2. The van der Waals surface area contributed by atoms with E-state index in [1.54, 1.807) is 69.2 Å². The highest BCUT2D eigenvalue weighted by molar-refractivity contribution is 6.00. The lowest BCUT2D eigenvalue weighted by Gasteiger charge is -2.32. The van der Waals surface area contributed by atoms with Gasteiger partial charge in [-0.15, -0.1) is 0 Å². The van der Waals surface area contributed by atoms with Crippen molar-refractivity contribution in [3.63, 3.8) is 0 Å². The molecule has 0 saturated carbocycles. The van der Waals surface area contributed by atoms with Crippen molar-refractivity contribution >= 4 is 101 Å². The molecule has 584 valence electrons. The van der Waals surface area contributed by atoms with Gasteiger partial charge in [-0.2, -0.15) is 0 Å². The van der Waals surface area contributed by atoms with Crippen molar-refractivity contribution in [2.24, 2.45) is 80.5 Å². The molecule has 37 heteroatoms. The molecule has 1 saturated heterocycles. The third-order valence-electron chi connectivity index (χ3n) is 17.7. The molecule has 15 atom stereocenters. The first-order chi connectivity index (χ1) is 48.2. The van der Waals surface area contributed by atoms with Gasteiger partial charge in [-0.25, -0.2) is 4.79 Å². The van der Waals surface area contributed by atoms with Crippen LogP contribution in [0.2, 0.25) is 0 Å². The summed E-state index contributed by atoms with van der Waals surface area (Å²) in [5.74, 6) is -17.6.